The summed E-state index contributed by atoms with van der Waals surface area (Å²) in [5, 5.41) is 3.34. The number of benzene rings is 1. The summed E-state index contributed by atoms with van der Waals surface area (Å²) in [4.78, 5) is 4.18. The fourth-order valence-corrected chi connectivity index (χ4v) is 2.14. The van der Waals surface area contributed by atoms with Gasteiger partial charge in [-0.15, -0.1) is 0 Å². The van der Waals surface area contributed by atoms with E-state index < -0.39 is 0 Å². The van der Waals surface area contributed by atoms with E-state index in [1.165, 1.54) is 0 Å². The summed E-state index contributed by atoms with van der Waals surface area (Å²) in [5.41, 5.74) is 1.15. The van der Waals surface area contributed by atoms with Gasteiger partial charge in [0.1, 0.15) is 6.10 Å². The van der Waals surface area contributed by atoms with Gasteiger partial charge in [-0.2, -0.15) is 0 Å². The van der Waals surface area contributed by atoms with E-state index in [2.05, 4.69) is 29.4 Å². The highest BCUT2D eigenvalue weighted by Gasteiger charge is 2.15. The van der Waals surface area contributed by atoms with Gasteiger partial charge in [0.15, 0.2) is 5.75 Å². The minimum atomic E-state index is -0.0247. The molecule has 0 aliphatic carbocycles. The van der Waals surface area contributed by atoms with Gasteiger partial charge in [0.2, 0.25) is 0 Å². The molecule has 4 nitrogen and oxygen atoms in total. The molecule has 1 atom stereocenters. The van der Waals surface area contributed by atoms with Gasteiger partial charge >= 0.3 is 0 Å². The maximum absolute atomic E-state index is 6.14. The van der Waals surface area contributed by atoms with Crippen molar-refractivity contribution in [2.75, 3.05) is 20.2 Å². The van der Waals surface area contributed by atoms with Crippen molar-refractivity contribution in [1.29, 1.82) is 0 Å². The van der Waals surface area contributed by atoms with Gasteiger partial charge in [0.25, 0.3) is 5.88 Å². The van der Waals surface area contributed by atoms with Gasteiger partial charge in [0, 0.05) is 12.6 Å². The molecule has 0 saturated heterocycles. The lowest BCUT2D eigenvalue weighted by molar-refractivity contribution is 0.184. The first-order chi connectivity index (χ1) is 10.3. The highest BCUT2D eigenvalue weighted by atomic mass is 16.5. The SMILES string of the molecule is CCNCCC(Oc1cccnc1OC)c1ccccc1. The van der Waals surface area contributed by atoms with Crippen LogP contribution in [0.1, 0.15) is 25.0 Å². The number of hydrogen-bond acceptors (Lipinski definition) is 4. The maximum atomic E-state index is 6.14. The Morgan fingerprint density at radius 3 is 2.67 bits per heavy atom. The van der Waals surface area contributed by atoms with Crippen molar-refractivity contribution in [3.8, 4) is 11.6 Å². The topological polar surface area (TPSA) is 43.4 Å². The van der Waals surface area contributed by atoms with Crippen molar-refractivity contribution < 1.29 is 9.47 Å². The van der Waals surface area contributed by atoms with Gasteiger partial charge < -0.3 is 14.8 Å². The third kappa shape index (κ3) is 4.46. The summed E-state index contributed by atoms with van der Waals surface area (Å²) in [6, 6.07) is 14.0. The molecular weight excluding hydrogens is 264 g/mol. The molecule has 1 N–H and O–H groups in total. The molecule has 0 aliphatic heterocycles. The van der Waals surface area contributed by atoms with E-state index in [9.17, 15) is 0 Å². The first kappa shape index (κ1) is 15.3. The second-order valence-corrected chi connectivity index (χ2v) is 4.67. The first-order valence-corrected chi connectivity index (χ1v) is 7.26. The van der Waals surface area contributed by atoms with Crippen LogP contribution in [0.5, 0.6) is 11.6 Å². The van der Waals surface area contributed by atoms with E-state index in [0.29, 0.717) is 11.6 Å². The Bertz CT molecular complexity index is 531. The predicted molar refractivity (Wildman–Crippen MR) is 83.8 cm³/mol. The van der Waals surface area contributed by atoms with E-state index in [4.69, 9.17) is 9.47 Å². The number of aromatic nitrogens is 1. The van der Waals surface area contributed by atoms with Crippen LogP contribution in [0.15, 0.2) is 48.7 Å². The number of rotatable bonds is 8. The summed E-state index contributed by atoms with van der Waals surface area (Å²) < 4.78 is 11.4. The molecule has 2 aromatic rings. The van der Waals surface area contributed by atoms with Crippen LogP contribution in [-0.4, -0.2) is 25.2 Å². The van der Waals surface area contributed by atoms with Crippen LogP contribution >= 0.6 is 0 Å². The van der Waals surface area contributed by atoms with E-state index in [1.54, 1.807) is 13.3 Å². The van der Waals surface area contributed by atoms with Gasteiger partial charge in [-0.05, 0) is 30.8 Å². The van der Waals surface area contributed by atoms with Crippen LogP contribution in [-0.2, 0) is 0 Å². The quantitative estimate of drug-likeness (QED) is 0.757. The summed E-state index contributed by atoms with van der Waals surface area (Å²) >= 11 is 0. The van der Waals surface area contributed by atoms with Gasteiger partial charge in [-0.1, -0.05) is 37.3 Å². The van der Waals surface area contributed by atoms with Crippen LogP contribution in [0.4, 0.5) is 0 Å². The van der Waals surface area contributed by atoms with Crippen molar-refractivity contribution in [3.05, 3.63) is 54.2 Å². The minimum absolute atomic E-state index is 0.0247. The number of nitrogens with zero attached hydrogens (tertiary/aromatic N) is 1. The Hall–Kier alpha value is -2.07. The molecule has 1 unspecified atom stereocenters. The standard InChI is InChI=1S/C17H22N2O2/c1-3-18-13-11-15(14-8-5-4-6-9-14)21-16-10-7-12-19-17(16)20-2/h4-10,12,15,18H,3,11,13H2,1-2H3. The van der Waals surface area contributed by atoms with Crippen molar-refractivity contribution >= 4 is 0 Å². The number of pyridine rings is 1. The molecule has 1 aromatic heterocycles. The van der Waals surface area contributed by atoms with Crippen LogP contribution in [0.25, 0.3) is 0 Å². The number of hydrogen-bond donors (Lipinski definition) is 1. The minimum Gasteiger partial charge on any atom is -0.480 e. The second kappa shape index (κ2) is 8.27. The molecule has 1 aromatic carbocycles. The third-order valence-electron chi connectivity index (χ3n) is 3.20. The third-order valence-corrected chi connectivity index (χ3v) is 3.20. The lowest BCUT2D eigenvalue weighted by atomic mass is 10.1. The van der Waals surface area contributed by atoms with E-state index >= 15 is 0 Å². The second-order valence-electron chi connectivity index (χ2n) is 4.67. The summed E-state index contributed by atoms with van der Waals surface area (Å²) in [6.07, 6.45) is 2.56. The zero-order valence-corrected chi connectivity index (χ0v) is 12.6. The lowest BCUT2D eigenvalue weighted by Gasteiger charge is -2.20. The molecule has 0 saturated carbocycles. The van der Waals surface area contributed by atoms with Crippen molar-refractivity contribution in [2.45, 2.75) is 19.4 Å². The fourth-order valence-electron chi connectivity index (χ4n) is 2.14. The van der Waals surface area contributed by atoms with Crippen molar-refractivity contribution in [1.82, 2.24) is 10.3 Å². The van der Waals surface area contributed by atoms with E-state index in [0.717, 1.165) is 25.1 Å². The lowest BCUT2D eigenvalue weighted by Crippen LogP contribution is -2.19. The Labute approximate surface area is 126 Å². The van der Waals surface area contributed by atoms with Crippen LogP contribution in [0.3, 0.4) is 0 Å². The molecule has 0 aliphatic rings. The summed E-state index contributed by atoms with van der Waals surface area (Å²) in [7, 11) is 1.60. The summed E-state index contributed by atoms with van der Waals surface area (Å²) in [5.74, 6) is 1.19. The average Bonchev–Trinajstić information content (AvgIpc) is 2.55. The molecule has 0 fully saturated rings. The molecule has 2 rings (SSSR count). The summed E-state index contributed by atoms with van der Waals surface area (Å²) in [6.45, 7) is 3.96. The van der Waals surface area contributed by atoms with Crippen LogP contribution < -0.4 is 14.8 Å². The van der Waals surface area contributed by atoms with E-state index in [1.807, 2.05) is 30.3 Å². The predicted octanol–water partition coefficient (Wildman–Crippen LogP) is 3.21. The molecule has 0 amide bonds. The van der Waals surface area contributed by atoms with Crippen molar-refractivity contribution in [2.24, 2.45) is 0 Å². The Kier molecular flexibility index (Phi) is 6.03. The fraction of sp³-hybridized carbons (Fsp3) is 0.353. The number of methoxy groups -OCH3 is 1. The highest BCUT2D eigenvalue weighted by Crippen LogP contribution is 2.30. The number of ether oxygens (including phenoxy) is 2. The monoisotopic (exact) mass is 286 g/mol. The Morgan fingerprint density at radius 2 is 1.95 bits per heavy atom. The molecule has 1 heterocycles. The van der Waals surface area contributed by atoms with Gasteiger partial charge in [-0.3, -0.25) is 0 Å². The number of nitrogens with one attached hydrogen (secondary N) is 1. The largest absolute Gasteiger partial charge is 0.480 e. The molecule has 4 heteroatoms. The molecule has 112 valence electrons. The molecule has 0 bridgehead atoms. The van der Waals surface area contributed by atoms with Crippen LogP contribution in [0.2, 0.25) is 0 Å². The molecular formula is C17H22N2O2. The van der Waals surface area contributed by atoms with Crippen LogP contribution in [0, 0.1) is 0 Å². The van der Waals surface area contributed by atoms with Gasteiger partial charge in [0.05, 0.1) is 7.11 Å². The normalized spacial score (nSPS) is 11.9. The molecule has 21 heavy (non-hydrogen) atoms. The van der Waals surface area contributed by atoms with Crippen molar-refractivity contribution in [3.63, 3.8) is 0 Å². The zero-order chi connectivity index (χ0) is 14.9. The van der Waals surface area contributed by atoms with E-state index in [-0.39, 0.29) is 6.10 Å². The molecule has 0 radical (unpaired) electrons. The van der Waals surface area contributed by atoms with Gasteiger partial charge in [-0.25, -0.2) is 4.98 Å². The molecule has 0 spiro atoms. The maximum Gasteiger partial charge on any atom is 0.256 e. The zero-order valence-electron chi connectivity index (χ0n) is 12.6. The smallest absolute Gasteiger partial charge is 0.256 e. The Morgan fingerprint density at radius 1 is 1.14 bits per heavy atom. The first-order valence-electron chi connectivity index (χ1n) is 7.26. The average molecular weight is 286 g/mol. The highest BCUT2D eigenvalue weighted by molar-refractivity contribution is 5.33. The Balaban J connectivity index is 2.15.